The first-order chi connectivity index (χ1) is 10.6. The third-order valence-electron chi connectivity index (χ3n) is 2.79. The summed E-state index contributed by atoms with van der Waals surface area (Å²) in [5.74, 6) is 0.136. The number of fused-ring (bicyclic) bond motifs is 1. The van der Waals surface area contributed by atoms with Crippen LogP contribution in [-0.4, -0.2) is 26.5 Å². The van der Waals surface area contributed by atoms with Crippen molar-refractivity contribution in [3.8, 4) is 5.75 Å². The number of phenolic OH excluding ortho intramolecular Hbond substituents is 1. The number of anilines is 1. The van der Waals surface area contributed by atoms with Crippen molar-refractivity contribution in [3.63, 3.8) is 0 Å². The first-order valence-corrected chi connectivity index (χ1v) is 6.95. The van der Waals surface area contributed by atoms with E-state index in [9.17, 15) is 5.11 Å². The van der Waals surface area contributed by atoms with Gasteiger partial charge in [-0.25, -0.2) is 10.4 Å². The molecule has 0 aliphatic rings. The van der Waals surface area contributed by atoms with Crippen LogP contribution in [0.2, 0.25) is 10.0 Å². The summed E-state index contributed by atoms with van der Waals surface area (Å²) in [7, 11) is 0. The molecule has 3 aromatic rings. The van der Waals surface area contributed by atoms with Gasteiger partial charge in [-0.3, -0.25) is 0 Å². The number of nitrogens with zero attached hydrogens (tertiary/aromatic N) is 4. The third-order valence-corrected chi connectivity index (χ3v) is 3.29. The summed E-state index contributed by atoms with van der Waals surface area (Å²) in [5, 5.41) is 22.2. The fourth-order valence-corrected chi connectivity index (χ4v) is 2.28. The Hall–Kier alpha value is -2.44. The highest BCUT2D eigenvalue weighted by Crippen LogP contribution is 2.29. The van der Waals surface area contributed by atoms with Gasteiger partial charge >= 0.3 is 0 Å². The van der Waals surface area contributed by atoms with Crippen molar-refractivity contribution in [2.24, 2.45) is 5.10 Å². The molecule has 3 rings (SSSR count). The topological polar surface area (TPSA) is 83.3 Å². The lowest BCUT2D eigenvalue weighted by atomic mass is 10.2. The largest absolute Gasteiger partial charge is 0.506 e. The van der Waals surface area contributed by atoms with Crippen LogP contribution >= 0.6 is 23.2 Å². The van der Waals surface area contributed by atoms with Crippen molar-refractivity contribution in [1.29, 1.82) is 0 Å². The van der Waals surface area contributed by atoms with Crippen molar-refractivity contribution in [2.45, 2.75) is 0 Å². The highest BCUT2D eigenvalue weighted by atomic mass is 35.5. The average molecular weight is 334 g/mol. The van der Waals surface area contributed by atoms with E-state index in [4.69, 9.17) is 23.2 Å². The Balaban J connectivity index is 1.81. The molecule has 0 spiro atoms. The molecule has 6 nitrogen and oxygen atoms in total. The van der Waals surface area contributed by atoms with Crippen molar-refractivity contribution < 1.29 is 5.11 Å². The molecular weight excluding hydrogens is 325 g/mol. The van der Waals surface area contributed by atoms with Gasteiger partial charge in [0.05, 0.1) is 16.8 Å². The number of benzene rings is 2. The fourth-order valence-electron chi connectivity index (χ4n) is 1.77. The van der Waals surface area contributed by atoms with Crippen LogP contribution in [0.1, 0.15) is 5.56 Å². The van der Waals surface area contributed by atoms with Crippen LogP contribution in [0.25, 0.3) is 11.0 Å². The molecule has 2 N–H and O–H groups in total. The summed E-state index contributed by atoms with van der Waals surface area (Å²) in [5.41, 5.74) is 4.40. The van der Waals surface area contributed by atoms with Crippen molar-refractivity contribution in [1.82, 2.24) is 15.2 Å². The second-order valence-electron chi connectivity index (χ2n) is 4.32. The lowest BCUT2D eigenvalue weighted by Crippen LogP contribution is -1.99. The van der Waals surface area contributed by atoms with Gasteiger partial charge in [-0.2, -0.15) is 5.10 Å². The minimum atomic E-state index is -0.103. The van der Waals surface area contributed by atoms with E-state index in [2.05, 4.69) is 25.7 Å². The van der Waals surface area contributed by atoms with Crippen LogP contribution in [-0.2, 0) is 0 Å². The number of aromatic nitrogens is 3. The van der Waals surface area contributed by atoms with Crippen molar-refractivity contribution >= 4 is 46.4 Å². The molecule has 0 saturated carbocycles. The Labute approximate surface area is 135 Å². The molecule has 0 radical (unpaired) electrons. The number of nitrogens with one attached hydrogen (secondary N) is 1. The molecule has 8 heteroatoms. The van der Waals surface area contributed by atoms with E-state index >= 15 is 0 Å². The summed E-state index contributed by atoms with van der Waals surface area (Å²) in [4.78, 5) is 4.25. The zero-order chi connectivity index (χ0) is 15.5. The monoisotopic (exact) mass is 333 g/mol. The first-order valence-electron chi connectivity index (χ1n) is 6.20. The maximum Gasteiger partial charge on any atom is 0.263 e. The Morgan fingerprint density at radius 3 is 2.68 bits per heavy atom. The van der Waals surface area contributed by atoms with Gasteiger partial charge in [0.1, 0.15) is 11.3 Å². The normalized spacial score (nSPS) is 11.2. The van der Waals surface area contributed by atoms with Crippen molar-refractivity contribution in [2.75, 3.05) is 5.43 Å². The molecule has 0 aliphatic heterocycles. The molecular formula is C14H9Cl2N5O. The zero-order valence-electron chi connectivity index (χ0n) is 11.0. The van der Waals surface area contributed by atoms with E-state index in [0.29, 0.717) is 21.6 Å². The average Bonchev–Trinajstić information content (AvgIpc) is 2.52. The third kappa shape index (κ3) is 3.08. The Kier molecular flexibility index (Phi) is 4.04. The van der Waals surface area contributed by atoms with Gasteiger partial charge in [0.25, 0.3) is 5.95 Å². The minimum Gasteiger partial charge on any atom is -0.506 e. The van der Waals surface area contributed by atoms with Gasteiger partial charge in [-0.15, -0.1) is 10.2 Å². The smallest absolute Gasteiger partial charge is 0.263 e. The highest BCUT2D eigenvalue weighted by molar-refractivity contribution is 6.36. The minimum absolute atomic E-state index is 0.103. The van der Waals surface area contributed by atoms with E-state index in [0.717, 1.165) is 0 Å². The van der Waals surface area contributed by atoms with E-state index in [1.165, 1.54) is 18.3 Å². The quantitative estimate of drug-likeness (QED) is 0.566. The second kappa shape index (κ2) is 6.13. The molecule has 1 heterocycles. The second-order valence-corrected chi connectivity index (χ2v) is 5.16. The molecule has 0 bridgehead atoms. The Morgan fingerprint density at radius 1 is 1.09 bits per heavy atom. The Morgan fingerprint density at radius 2 is 1.86 bits per heavy atom. The number of phenols is 1. The lowest BCUT2D eigenvalue weighted by Gasteiger charge is -2.03. The summed E-state index contributed by atoms with van der Waals surface area (Å²) >= 11 is 11.7. The van der Waals surface area contributed by atoms with Gasteiger partial charge in [-0.05, 0) is 24.3 Å². The van der Waals surface area contributed by atoms with E-state index in [1.807, 2.05) is 24.3 Å². The zero-order valence-corrected chi connectivity index (χ0v) is 12.5. The number of rotatable bonds is 3. The summed E-state index contributed by atoms with van der Waals surface area (Å²) in [6.45, 7) is 0. The number of aromatic hydroxyl groups is 1. The van der Waals surface area contributed by atoms with Crippen LogP contribution < -0.4 is 5.43 Å². The van der Waals surface area contributed by atoms with Gasteiger partial charge in [-0.1, -0.05) is 35.3 Å². The Bertz CT molecular complexity index is 869. The number of hydrogen-bond donors (Lipinski definition) is 2. The van der Waals surface area contributed by atoms with Crippen LogP contribution in [0.4, 0.5) is 5.95 Å². The van der Waals surface area contributed by atoms with Crippen molar-refractivity contribution in [3.05, 3.63) is 52.0 Å². The van der Waals surface area contributed by atoms with Crippen LogP contribution in [0.3, 0.4) is 0 Å². The van der Waals surface area contributed by atoms with Gasteiger partial charge in [0.2, 0.25) is 0 Å². The molecule has 0 aliphatic carbocycles. The molecule has 2 aromatic carbocycles. The summed E-state index contributed by atoms with van der Waals surface area (Å²) in [6.07, 6.45) is 1.37. The van der Waals surface area contributed by atoms with Crippen LogP contribution in [0, 0.1) is 0 Å². The van der Waals surface area contributed by atoms with E-state index < -0.39 is 0 Å². The summed E-state index contributed by atoms with van der Waals surface area (Å²) < 4.78 is 0. The molecule has 0 saturated heterocycles. The number of hydrogen-bond acceptors (Lipinski definition) is 6. The number of halogens is 2. The first kappa shape index (κ1) is 14.5. The SMILES string of the molecule is Oc1c(Cl)cc(Cl)cc1/C=N\Nc1nnc2ccccc2n1. The molecule has 0 amide bonds. The number of hydrazone groups is 1. The van der Waals surface area contributed by atoms with Crippen LogP contribution in [0.5, 0.6) is 5.75 Å². The maximum absolute atomic E-state index is 9.81. The lowest BCUT2D eigenvalue weighted by molar-refractivity contribution is 0.475. The van der Waals surface area contributed by atoms with Gasteiger partial charge in [0, 0.05) is 10.6 Å². The maximum atomic E-state index is 9.81. The van der Waals surface area contributed by atoms with E-state index in [1.54, 1.807) is 0 Å². The highest BCUT2D eigenvalue weighted by Gasteiger charge is 2.06. The molecule has 0 atom stereocenters. The molecule has 22 heavy (non-hydrogen) atoms. The summed E-state index contributed by atoms with van der Waals surface area (Å²) in [6, 6.07) is 10.3. The van der Waals surface area contributed by atoms with Gasteiger partial charge < -0.3 is 5.11 Å². The molecule has 110 valence electrons. The predicted molar refractivity (Wildman–Crippen MR) is 86.7 cm³/mol. The fraction of sp³-hybridized carbons (Fsp3) is 0. The predicted octanol–water partition coefficient (Wildman–Crippen LogP) is 3.48. The van der Waals surface area contributed by atoms with Gasteiger partial charge in [0.15, 0.2) is 0 Å². The number of para-hydroxylation sites is 1. The molecule has 1 aromatic heterocycles. The van der Waals surface area contributed by atoms with E-state index in [-0.39, 0.29) is 16.7 Å². The molecule has 0 fully saturated rings. The standard InChI is InChI=1S/C14H9Cl2N5O/c15-9-5-8(13(22)10(16)6-9)7-17-20-14-18-11-3-1-2-4-12(11)19-21-14/h1-7,22H,(H,18,20,21)/b17-7-. The molecule has 0 unspecified atom stereocenters. The van der Waals surface area contributed by atoms with Crippen LogP contribution in [0.15, 0.2) is 41.5 Å².